The molecule has 340 valence electrons. The van der Waals surface area contributed by atoms with Gasteiger partial charge >= 0.3 is 29.1 Å². The van der Waals surface area contributed by atoms with E-state index in [9.17, 15) is 30.6 Å². The maximum absolute atomic E-state index is 13.5. The minimum Gasteiger partial charge on any atom is -1.00 e. The van der Waals surface area contributed by atoms with Crippen LogP contribution in [0.3, 0.4) is 0 Å². The van der Waals surface area contributed by atoms with E-state index in [0.717, 1.165) is 67.4 Å². The number of para-hydroxylation sites is 3. The number of hydrogen-bond donors (Lipinski definition) is 1. The molecule has 4 aromatic rings. The number of carbonyl (C=O) groups is 2. The molecule has 0 spiro atoms. The molecule has 0 bridgehead atoms. The fourth-order valence-electron chi connectivity index (χ4n) is 8.88. The summed E-state index contributed by atoms with van der Waals surface area (Å²) < 4.78 is 51.5. The van der Waals surface area contributed by atoms with Crippen molar-refractivity contribution in [2.45, 2.75) is 96.4 Å². The Labute approximate surface area is 373 Å². The first-order valence-corrected chi connectivity index (χ1v) is 23.3. The van der Waals surface area contributed by atoms with E-state index in [0.29, 0.717) is 25.9 Å². The van der Waals surface area contributed by atoms with Crippen LogP contribution in [0.2, 0.25) is 0 Å². The normalized spacial score (nSPS) is 16.7. The largest absolute Gasteiger partial charge is 1.00 e. The van der Waals surface area contributed by atoms with Gasteiger partial charge in [-0.25, -0.2) is 0 Å². The molecule has 13 heteroatoms. The van der Waals surface area contributed by atoms with Crippen molar-refractivity contribution in [2.75, 3.05) is 29.9 Å². The molecule has 3 aliphatic heterocycles. The molecule has 0 saturated carbocycles. The Bertz CT molecular complexity index is 2480. The van der Waals surface area contributed by atoms with Crippen molar-refractivity contribution in [2.24, 2.45) is 0 Å². The molecule has 2 amide bonds. The van der Waals surface area contributed by atoms with Gasteiger partial charge in [0.15, 0.2) is 5.71 Å². The summed E-state index contributed by atoms with van der Waals surface area (Å²) in [6, 6.07) is 33.4. The number of unbranched alkanes of at least 4 members (excludes halogenated alkanes) is 4. The number of carbonyl (C=O) groups excluding carboxylic acids is 2. The summed E-state index contributed by atoms with van der Waals surface area (Å²) in [7, 11) is -6.38. The first-order valence-electron chi connectivity index (χ1n) is 21.6. The van der Waals surface area contributed by atoms with E-state index < -0.39 is 8.16 Å². The van der Waals surface area contributed by atoms with Gasteiger partial charge in [0.2, 0.25) is 17.5 Å². The second-order valence-corrected chi connectivity index (χ2v) is 18.6. The predicted molar refractivity (Wildman–Crippen MR) is 247 cm³/mol. The molecule has 4 aromatic carbocycles. The molecule has 0 atom stereocenters. The van der Waals surface area contributed by atoms with E-state index in [4.69, 9.17) is 0 Å². The Hall–Kier alpha value is -5.66. The van der Waals surface area contributed by atoms with Gasteiger partial charge in [-0.2, -0.15) is 4.58 Å². The summed E-state index contributed by atoms with van der Waals surface area (Å²) in [5, 5.41) is 3.12. The van der Waals surface area contributed by atoms with Crippen LogP contribution < -0.4 is 19.8 Å². The molecule has 64 heavy (non-hydrogen) atoms. The quantitative estimate of drug-likeness (QED) is 0.0451. The minimum atomic E-state index is -8.55. The Morgan fingerprint density at radius 1 is 0.719 bits per heavy atom. The number of amides is 2. The number of halogens is 6. The summed E-state index contributed by atoms with van der Waals surface area (Å²) in [5.74, 6) is 6.77. The van der Waals surface area contributed by atoms with Crippen LogP contribution in [0.5, 0.6) is 0 Å². The van der Waals surface area contributed by atoms with Gasteiger partial charge in [-0.05, 0) is 81.0 Å². The van der Waals surface area contributed by atoms with E-state index in [1.54, 1.807) is 0 Å². The molecule has 0 fully saturated rings. The van der Waals surface area contributed by atoms with Crippen molar-refractivity contribution < 1.29 is 39.9 Å². The van der Waals surface area contributed by atoms with E-state index in [1.807, 2.05) is 47.4 Å². The molecule has 3 aliphatic rings. The van der Waals surface area contributed by atoms with E-state index in [1.165, 1.54) is 33.9 Å². The maximum Gasteiger partial charge on any atom is -1.00 e. The third-order valence-corrected chi connectivity index (χ3v) is 12.1. The van der Waals surface area contributed by atoms with Crippen molar-refractivity contribution in [1.29, 1.82) is 0 Å². The number of fused-ring (bicyclic) bond motifs is 4. The van der Waals surface area contributed by atoms with Crippen LogP contribution in [0, 0.1) is 11.8 Å². The van der Waals surface area contributed by atoms with Gasteiger partial charge in [-0.1, -0.05) is 111 Å². The van der Waals surface area contributed by atoms with Crippen LogP contribution in [0.1, 0.15) is 107 Å². The summed E-state index contributed by atoms with van der Waals surface area (Å²) in [4.78, 5) is 30.6. The topological polar surface area (TPSA) is 55.7 Å². The first kappa shape index (κ1) is 49.4. The number of nitrogens with one attached hydrogen (secondary N) is 1. The Balaban J connectivity index is 0.00000103. The summed E-state index contributed by atoms with van der Waals surface area (Å²) in [6.45, 7) is 11.3. The van der Waals surface area contributed by atoms with Crippen LogP contribution in [0.4, 0.5) is 38.0 Å². The van der Waals surface area contributed by atoms with Crippen LogP contribution in [0.25, 0.3) is 0 Å². The second-order valence-electron chi connectivity index (χ2n) is 17.3. The summed E-state index contributed by atoms with van der Waals surface area (Å²) >= 11 is 0. The molecule has 6 nitrogen and oxygen atoms in total. The molecule has 0 aliphatic carbocycles. The van der Waals surface area contributed by atoms with Crippen LogP contribution in [0.15, 0.2) is 121 Å². The van der Waals surface area contributed by atoms with E-state index in [2.05, 4.69) is 134 Å². The number of allylic oxidation sites excluding steroid dienone is 4. The zero-order valence-electron chi connectivity index (χ0n) is 37.1. The van der Waals surface area contributed by atoms with Crippen molar-refractivity contribution >= 4 is 42.7 Å². The van der Waals surface area contributed by atoms with Gasteiger partial charge in [0, 0.05) is 71.6 Å². The fraction of sp³-hybridized carbons (Fsp3) is 0.353. The first-order chi connectivity index (χ1) is 29.8. The fourth-order valence-corrected chi connectivity index (χ4v) is 8.88. The zero-order chi connectivity index (χ0) is 45.4. The van der Waals surface area contributed by atoms with Gasteiger partial charge in [0.25, 0.3) is 0 Å². The average Bonchev–Trinajstić information content (AvgIpc) is 3.56. The van der Waals surface area contributed by atoms with Crippen molar-refractivity contribution in [3.05, 3.63) is 149 Å². The third-order valence-electron chi connectivity index (χ3n) is 12.1. The molecule has 7 rings (SSSR count). The molecule has 3 heterocycles. The van der Waals surface area contributed by atoms with Gasteiger partial charge in [-0.15, -0.1) is 0 Å². The summed E-state index contributed by atoms with van der Waals surface area (Å²) in [5.41, 5.74) is 11.5. The predicted octanol–water partition coefficient (Wildman–Crippen LogP) is 10.1. The van der Waals surface area contributed by atoms with Crippen LogP contribution in [-0.4, -0.2) is 42.2 Å². The SMILES string of the molecule is C[N+]1=C(C=CC=C2N(CCCCCC(=O)NCCCCCC(=O)N3Cc4ccccc4C#Cc4ccccc43)c3ccccc3C2(C)C)C(C)(C)c2ccccc21.FP(F)(F)(F)F.[F-]. The number of benzene rings is 4. The molecule has 0 radical (unpaired) electrons. The summed E-state index contributed by atoms with van der Waals surface area (Å²) in [6.07, 6.45) is 13.2. The number of nitrogens with zero attached hydrogens (tertiary/aromatic N) is 3. The zero-order valence-corrected chi connectivity index (χ0v) is 38.0. The van der Waals surface area contributed by atoms with Gasteiger partial charge in [-0.3, -0.25) is 9.59 Å². The third kappa shape index (κ3) is 12.3. The van der Waals surface area contributed by atoms with Crippen molar-refractivity contribution in [3.8, 4) is 11.8 Å². The monoisotopic (exact) mass is 902 g/mol. The molecule has 0 aromatic heterocycles. The van der Waals surface area contributed by atoms with Crippen molar-refractivity contribution in [3.63, 3.8) is 0 Å². The number of hydrogen-bond acceptors (Lipinski definition) is 3. The van der Waals surface area contributed by atoms with Gasteiger partial charge in [0.05, 0.1) is 17.6 Å². The van der Waals surface area contributed by atoms with Crippen LogP contribution in [-0.2, 0) is 27.0 Å². The van der Waals surface area contributed by atoms with E-state index in [-0.39, 0.29) is 27.3 Å². The Kier molecular flexibility index (Phi) is 15.8. The Morgan fingerprint density at radius 3 is 2.02 bits per heavy atom. The van der Waals surface area contributed by atoms with Gasteiger partial charge in [0.1, 0.15) is 7.05 Å². The molecule has 1 N–H and O–H groups in total. The second kappa shape index (κ2) is 20.5. The Morgan fingerprint density at radius 2 is 1.30 bits per heavy atom. The minimum absolute atomic E-state index is 0. The molecular weight excluding hydrogens is 846 g/mol. The van der Waals surface area contributed by atoms with Crippen molar-refractivity contribution in [1.82, 2.24) is 5.32 Å². The van der Waals surface area contributed by atoms with E-state index >= 15 is 0 Å². The smallest absolute Gasteiger partial charge is 1.00 e. The van der Waals surface area contributed by atoms with Gasteiger partial charge < -0.3 is 19.8 Å². The average molecular weight is 903 g/mol. The molecule has 0 saturated heterocycles. The standard InChI is InChI=1S/C51H56N4O2.F5P.FH/c1-50(2)41-24-13-16-27-44(41)53(5)46(50)29-20-30-47-51(3,4)42-25-14-17-28-45(42)54(47)36-19-7-8-31-48(56)52-35-18-6-9-32-49(57)55-37-40-23-11-10-21-38(40)33-34-39-22-12-15-26-43(39)55;1-6(2,3,4)5;/h10-17,20-30H,6-9,18-19,31-32,35-37H2,1-5H3;;1H. The maximum atomic E-state index is 13.5. The molecular formula is C51H57F6N4O2P. The number of rotatable bonds is 14. The molecule has 0 unspecified atom stereocenters. The van der Waals surface area contributed by atoms with Crippen LogP contribution >= 0.6 is 8.16 Å². The number of anilines is 2.